The van der Waals surface area contributed by atoms with Crippen molar-refractivity contribution in [2.24, 2.45) is 0 Å². The first kappa shape index (κ1) is 7.51. The van der Waals surface area contributed by atoms with Gasteiger partial charge in [-0.2, -0.15) is 0 Å². The Morgan fingerprint density at radius 1 is 1.36 bits per heavy atom. The van der Waals surface area contributed by atoms with Crippen LogP contribution in [0.5, 0.6) is 0 Å². The molecule has 0 aromatic heterocycles. The van der Waals surface area contributed by atoms with Crippen LogP contribution in [0.25, 0.3) is 5.53 Å². The molecule has 0 N–H and O–H groups in total. The van der Waals surface area contributed by atoms with Gasteiger partial charge in [-0.15, -0.1) is 4.79 Å². The van der Waals surface area contributed by atoms with Gasteiger partial charge < -0.3 is 10.3 Å². The minimum absolute atomic E-state index is 0.435. The fourth-order valence-electron chi connectivity index (χ4n) is 0.741. The van der Waals surface area contributed by atoms with Gasteiger partial charge in [-0.25, -0.2) is 0 Å². The third-order valence-electron chi connectivity index (χ3n) is 1.21. The molecule has 0 aliphatic heterocycles. The molecule has 3 heteroatoms. The summed E-state index contributed by atoms with van der Waals surface area (Å²) in [5, 5.41) is 0. The highest BCUT2D eigenvalue weighted by atomic mass is 16.5. The van der Waals surface area contributed by atoms with Crippen LogP contribution in [0, 0.1) is 0 Å². The molecule has 0 fully saturated rings. The zero-order chi connectivity index (χ0) is 7.94. The van der Waals surface area contributed by atoms with Crippen LogP contribution in [-0.2, 0) is 11.3 Å². The van der Waals surface area contributed by atoms with Crippen molar-refractivity contribution in [2.75, 3.05) is 0 Å². The van der Waals surface area contributed by atoms with Gasteiger partial charge in [0.25, 0.3) is 0 Å². The van der Waals surface area contributed by atoms with E-state index in [9.17, 15) is 0 Å². The Labute approximate surface area is 64.9 Å². The molecule has 0 saturated heterocycles. The van der Waals surface area contributed by atoms with Crippen molar-refractivity contribution in [3.8, 4) is 0 Å². The SMILES string of the molecule is [N-]=[N+]=COCc1ccccc1. The van der Waals surface area contributed by atoms with Crippen LogP contribution in [0.4, 0.5) is 0 Å². The smallest absolute Gasteiger partial charge is 0.433 e. The van der Waals surface area contributed by atoms with Gasteiger partial charge in [-0.05, 0) is 5.56 Å². The average molecular weight is 148 g/mol. The number of hydrogen-bond acceptors (Lipinski definition) is 1. The third kappa shape index (κ3) is 2.65. The highest BCUT2D eigenvalue weighted by Crippen LogP contribution is 1.98. The maximum Gasteiger partial charge on any atom is 0.438 e. The van der Waals surface area contributed by atoms with Gasteiger partial charge in [0.15, 0.2) is 0 Å². The van der Waals surface area contributed by atoms with Crippen molar-refractivity contribution < 1.29 is 9.53 Å². The average Bonchev–Trinajstić information content (AvgIpc) is 2.07. The van der Waals surface area contributed by atoms with Crippen molar-refractivity contribution >= 4 is 6.40 Å². The molecular weight excluding hydrogens is 140 g/mol. The summed E-state index contributed by atoms with van der Waals surface area (Å²) < 4.78 is 4.83. The van der Waals surface area contributed by atoms with E-state index >= 15 is 0 Å². The van der Waals surface area contributed by atoms with E-state index in [0.29, 0.717) is 6.61 Å². The molecule has 56 valence electrons. The largest absolute Gasteiger partial charge is 0.438 e. The number of rotatable bonds is 3. The summed E-state index contributed by atoms with van der Waals surface area (Å²) in [5.74, 6) is 0. The Kier molecular flexibility index (Phi) is 2.90. The second-order valence-electron chi connectivity index (χ2n) is 2.02. The second kappa shape index (κ2) is 4.25. The Bertz CT molecular complexity index is 252. The standard InChI is InChI=1S/C8H8N2O/c9-10-7-11-6-8-4-2-1-3-5-8/h1-5,7H,6H2. The van der Waals surface area contributed by atoms with Gasteiger partial charge in [0.2, 0.25) is 0 Å². The molecule has 0 radical (unpaired) electrons. The minimum atomic E-state index is 0.435. The molecular formula is C8H8N2O. The van der Waals surface area contributed by atoms with Crippen molar-refractivity contribution in [2.45, 2.75) is 6.61 Å². The van der Waals surface area contributed by atoms with E-state index < -0.39 is 0 Å². The van der Waals surface area contributed by atoms with Gasteiger partial charge in [0.1, 0.15) is 6.61 Å². The number of benzene rings is 1. The summed E-state index contributed by atoms with van der Waals surface area (Å²) in [5.41, 5.74) is 9.04. The topological polar surface area (TPSA) is 45.6 Å². The van der Waals surface area contributed by atoms with Gasteiger partial charge in [0.05, 0.1) is 0 Å². The van der Waals surface area contributed by atoms with E-state index in [1.165, 1.54) is 0 Å². The Morgan fingerprint density at radius 2 is 2.09 bits per heavy atom. The van der Waals surface area contributed by atoms with Crippen LogP contribution in [0.3, 0.4) is 0 Å². The molecule has 1 aromatic rings. The predicted molar refractivity (Wildman–Crippen MR) is 40.9 cm³/mol. The van der Waals surface area contributed by atoms with Crippen LogP contribution in [0.2, 0.25) is 0 Å². The molecule has 0 spiro atoms. The first-order valence-corrected chi connectivity index (χ1v) is 3.25. The first-order valence-electron chi connectivity index (χ1n) is 3.25. The molecule has 0 aliphatic carbocycles. The van der Waals surface area contributed by atoms with Crippen LogP contribution in [-0.4, -0.2) is 11.2 Å². The van der Waals surface area contributed by atoms with Crippen LogP contribution >= 0.6 is 0 Å². The van der Waals surface area contributed by atoms with Crippen LogP contribution in [0.15, 0.2) is 30.3 Å². The van der Waals surface area contributed by atoms with E-state index in [0.717, 1.165) is 12.0 Å². The summed E-state index contributed by atoms with van der Waals surface area (Å²) in [6.45, 7) is 0.435. The predicted octanol–water partition coefficient (Wildman–Crippen LogP) is 1.46. The van der Waals surface area contributed by atoms with E-state index in [1.807, 2.05) is 30.3 Å². The zero-order valence-electron chi connectivity index (χ0n) is 5.97. The van der Waals surface area contributed by atoms with Crippen molar-refractivity contribution in [3.63, 3.8) is 0 Å². The fraction of sp³-hybridized carbons (Fsp3) is 0.125. The second-order valence-corrected chi connectivity index (χ2v) is 2.02. The lowest BCUT2D eigenvalue weighted by atomic mass is 10.2. The van der Waals surface area contributed by atoms with Crippen molar-refractivity contribution in [1.82, 2.24) is 0 Å². The zero-order valence-corrected chi connectivity index (χ0v) is 5.97. The lowest BCUT2D eigenvalue weighted by molar-refractivity contribution is -0.0289. The fourth-order valence-corrected chi connectivity index (χ4v) is 0.741. The summed E-state index contributed by atoms with van der Waals surface area (Å²) in [6.07, 6.45) is 1.01. The van der Waals surface area contributed by atoms with Gasteiger partial charge in [-0.3, -0.25) is 0 Å². The molecule has 1 rings (SSSR count). The maximum absolute atomic E-state index is 7.99. The van der Waals surface area contributed by atoms with E-state index in [4.69, 9.17) is 10.3 Å². The lowest BCUT2D eigenvalue weighted by Gasteiger charge is -1.94. The summed E-state index contributed by atoms with van der Waals surface area (Å²) >= 11 is 0. The van der Waals surface area contributed by atoms with E-state index in [1.54, 1.807) is 0 Å². The Hall–Kier alpha value is -1.60. The normalized spacial score (nSPS) is 8.36. The van der Waals surface area contributed by atoms with Crippen LogP contribution < -0.4 is 0 Å². The molecule has 0 unspecified atom stereocenters. The number of nitrogens with zero attached hydrogens (tertiary/aromatic N) is 2. The Balaban J connectivity index is 2.45. The molecule has 0 bridgehead atoms. The van der Waals surface area contributed by atoms with Gasteiger partial charge >= 0.3 is 6.40 Å². The molecule has 11 heavy (non-hydrogen) atoms. The third-order valence-corrected chi connectivity index (χ3v) is 1.21. The lowest BCUT2D eigenvalue weighted by Crippen LogP contribution is -1.89. The monoisotopic (exact) mass is 148 g/mol. The molecule has 1 aromatic carbocycles. The highest BCUT2D eigenvalue weighted by Gasteiger charge is 1.88. The number of ether oxygens (including phenoxy) is 1. The van der Waals surface area contributed by atoms with E-state index in [2.05, 4.69) is 4.79 Å². The molecule has 0 aliphatic rings. The first-order chi connectivity index (χ1) is 5.43. The molecule has 0 saturated carbocycles. The minimum Gasteiger partial charge on any atom is -0.433 e. The molecule has 0 heterocycles. The van der Waals surface area contributed by atoms with E-state index in [-0.39, 0.29) is 0 Å². The summed E-state index contributed by atoms with van der Waals surface area (Å²) in [7, 11) is 0. The van der Waals surface area contributed by atoms with Crippen LogP contribution in [0.1, 0.15) is 5.56 Å². The van der Waals surface area contributed by atoms with Gasteiger partial charge in [0, 0.05) is 0 Å². The van der Waals surface area contributed by atoms with Crippen molar-refractivity contribution in [3.05, 3.63) is 41.4 Å². The highest BCUT2D eigenvalue weighted by molar-refractivity contribution is 5.38. The maximum atomic E-state index is 7.99. The quantitative estimate of drug-likeness (QED) is 0.277. The molecule has 3 nitrogen and oxygen atoms in total. The summed E-state index contributed by atoms with van der Waals surface area (Å²) in [4.78, 5) is 2.70. The summed E-state index contributed by atoms with van der Waals surface area (Å²) in [6, 6.07) is 9.66. The van der Waals surface area contributed by atoms with Crippen molar-refractivity contribution in [1.29, 1.82) is 0 Å². The number of hydrogen-bond donors (Lipinski definition) is 0. The molecule has 0 amide bonds. The molecule has 0 atom stereocenters. The van der Waals surface area contributed by atoms with Gasteiger partial charge in [-0.1, -0.05) is 30.3 Å². The Morgan fingerprint density at radius 3 is 2.73 bits per heavy atom.